The number of carbonyl (C=O) groups excluding carboxylic acids is 2. The molecule has 3 aromatic rings. The standard InChI is InChI=1S/C39H52N6O2/c1-29-35(30(2)41-28-40-29)36(46)42-25-19-39(5,20-26-42)44-23-17-34(18-24-44)45(27-31-11-7-6-8-12-31)33-15-13-32(14-16-33)38(3,4)37(47)43-21-9-10-22-43/h6-8,11-16,28,34H,9-10,17-27H2,1-5H3. The van der Waals surface area contributed by atoms with Gasteiger partial charge in [0.15, 0.2) is 0 Å². The number of nitrogens with zero attached hydrogens (tertiary/aromatic N) is 6. The smallest absolute Gasteiger partial charge is 0.257 e. The minimum Gasteiger partial charge on any atom is -0.364 e. The van der Waals surface area contributed by atoms with E-state index in [2.05, 4.69) is 95.1 Å². The molecule has 3 aliphatic heterocycles. The summed E-state index contributed by atoms with van der Waals surface area (Å²) in [5.74, 6) is 0.298. The zero-order valence-electron chi connectivity index (χ0n) is 29.0. The molecule has 8 nitrogen and oxygen atoms in total. The Bertz CT molecular complexity index is 1510. The molecule has 250 valence electrons. The molecule has 0 unspecified atom stereocenters. The van der Waals surface area contributed by atoms with E-state index < -0.39 is 5.41 Å². The van der Waals surface area contributed by atoms with E-state index in [0.717, 1.165) is 101 Å². The normalized spacial score (nSPS) is 19.2. The van der Waals surface area contributed by atoms with Crippen molar-refractivity contribution in [2.75, 3.05) is 44.2 Å². The molecule has 8 heteroatoms. The Morgan fingerprint density at radius 2 is 1.43 bits per heavy atom. The highest BCUT2D eigenvalue weighted by Crippen LogP contribution is 2.35. The Hall–Kier alpha value is -3.78. The predicted octanol–water partition coefficient (Wildman–Crippen LogP) is 6.16. The minimum atomic E-state index is -0.541. The first-order valence-electron chi connectivity index (χ1n) is 17.6. The summed E-state index contributed by atoms with van der Waals surface area (Å²) in [5, 5.41) is 0. The van der Waals surface area contributed by atoms with Crippen LogP contribution in [-0.2, 0) is 16.8 Å². The van der Waals surface area contributed by atoms with Gasteiger partial charge in [0.2, 0.25) is 5.91 Å². The van der Waals surface area contributed by atoms with Crippen LogP contribution in [0.3, 0.4) is 0 Å². The number of aromatic nitrogens is 2. The van der Waals surface area contributed by atoms with Crippen molar-refractivity contribution >= 4 is 17.5 Å². The van der Waals surface area contributed by atoms with E-state index in [1.807, 2.05) is 23.6 Å². The van der Waals surface area contributed by atoms with Gasteiger partial charge in [-0.2, -0.15) is 0 Å². The molecule has 4 heterocycles. The molecular weight excluding hydrogens is 584 g/mol. The van der Waals surface area contributed by atoms with Crippen LogP contribution in [0.15, 0.2) is 60.9 Å². The van der Waals surface area contributed by atoms with Gasteiger partial charge in [-0.1, -0.05) is 42.5 Å². The number of anilines is 1. The molecular formula is C39H52N6O2. The van der Waals surface area contributed by atoms with Crippen LogP contribution in [0.25, 0.3) is 0 Å². The number of hydrogen-bond donors (Lipinski definition) is 0. The van der Waals surface area contributed by atoms with Crippen molar-refractivity contribution in [3.05, 3.63) is 89.0 Å². The van der Waals surface area contributed by atoms with Gasteiger partial charge in [0.25, 0.3) is 5.91 Å². The zero-order valence-corrected chi connectivity index (χ0v) is 29.0. The predicted molar refractivity (Wildman–Crippen MR) is 188 cm³/mol. The molecule has 3 saturated heterocycles. The Morgan fingerprint density at radius 1 is 0.830 bits per heavy atom. The summed E-state index contributed by atoms with van der Waals surface area (Å²) in [6, 6.07) is 20.0. The van der Waals surface area contributed by atoms with E-state index >= 15 is 0 Å². The van der Waals surface area contributed by atoms with Gasteiger partial charge in [-0.25, -0.2) is 9.97 Å². The lowest BCUT2D eigenvalue weighted by Gasteiger charge is -2.50. The van der Waals surface area contributed by atoms with Crippen LogP contribution < -0.4 is 4.90 Å². The molecule has 0 bridgehead atoms. The van der Waals surface area contributed by atoms with E-state index in [9.17, 15) is 9.59 Å². The number of hydrogen-bond acceptors (Lipinski definition) is 6. The summed E-state index contributed by atoms with van der Waals surface area (Å²) in [7, 11) is 0. The van der Waals surface area contributed by atoms with E-state index in [-0.39, 0.29) is 17.4 Å². The quantitative estimate of drug-likeness (QED) is 0.295. The molecule has 6 rings (SSSR count). The monoisotopic (exact) mass is 636 g/mol. The second-order valence-electron chi connectivity index (χ2n) is 14.7. The molecule has 0 radical (unpaired) electrons. The third kappa shape index (κ3) is 6.94. The third-order valence-corrected chi connectivity index (χ3v) is 11.3. The maximum atomic E-state index is 13.4. The van der Waals surface area contributed by atoms with Crippen LogP contribution in [0.1, 0.15) is 92.2 Å². The SMILES string of the molecule is Cc1ncnc(C)c1C(=O)N1CCC(C)(N2CCC(N(Cc3ccccc3)c3ccc(C(C)(C)C(=O)N4CCCC4)cc3)CC2)CC1. The number of rotatable bonds is 8. The fourth-order valence-corrected chi connectivity index (χ4v) is 8.01. The maximum Gasteiger partial charge on any atom is 0.257 e. The van der Waals surface area contributed by atoms with Crippen molar-refractivity contribution in [1.29, 1.82) is 0 Å². The summed E-state index contributed by atoms with van der Waals surface area (Å²) >= 11 is 0. The van der Waals surface area contributed by atoms with Crippen molar-refractivity contribution in [2.45, 2.75) is 96.7 Å². The highest BCUT2D eigenvalue weighted by atomic mass is 16.2. The van der Waals surface area contributed by atoms with Gasteiger partial charge in [0.1, 0.15) is 6.33 Å². The Morgan fingerprint density at radius 3 is 2.02 bits per heavy atom. The molecule has 0 atom stereocenters. The lowest BCUT2D eigenvalue weighted by molar-refractivity contribution is -0.135. The molecule has 0 saturated carbocycles. The molecule has 0 N–H and O–H groups in total. The fraction of sp³-hybridized carbons (Fsp3) is 0.538. The van der Waals surface area contributed by atoms with Crippen molar-refractivity contribution < 1.29 is 9.59 Å². The van der Waals surface area contributed by atoms with Crippen LogP contribution in [0.2, 0.25) is 0 Å². The number of likely N-dealkylation sites (tertiary alicyclic amines) is 3. The zero-order chi connectivity index (χ0) is 33.2. The average molecular weight is 637 g/mol. The van der Waals surface area contributed by atoms with E-state index in [4.69, 9.17) is 0 Å². The molecule has 1 aromatic heterocycles. The second kappa shape index (κ2) is 13.8. The van der Waals surface area contributed by atoms with Gasteiger partial charge in [0, 0.05) is 63.1 Å². The maximum absolute atomic E-state index is 13.4. The number of benzene rings is 2. The summed E-state index contributed by atoms with van der Waals surface area (Å²) < 4.78 is 0. The molecule has 0 spiro atoms. The lowest BCUT2D eigenvalue weighted by Crippen LogP contribution is -2.58. The highest BCUT2D eigenvalue weighted by Gasteiger charge is 2.40. The van der Waals surface area contributed by atoms with E-state index in [1.54, 1.807) is 0 Å². The van der Waals surface area contributed by atoms with Crippen molar-refractivity contribution in [3.63, 3.8) is 0 Å². The van der Waals surface area contributed by atoms with Crippen molar-refractivity contribution in [1.82, 2.24) is 24.7 Å². The van der Waals surface area contributed by atoms with Crippen LogP contribution in [-0.4, -0.2) is 87.3 Å². The van der Waals surface area contributed by atoms with Crippen molar-refractivity contribution in [3.8, 4) is 0 Å². The second-order valence-corrected chi connectivity index (χ2v) is 14.7. The number of piperidine rings is 2. The average Bonchev–Trinajstić information content (AvgIpc) is 3.63. The lowest BCUT2D eigenvalue weighted by atomic mass is 9.83. The van der Waals surface area contributed by atoms with Gasteiger partial charge >= 0.3 is 0 Å². The first-order valence-corrected chi connectivity index (χ1v) is 17.6. The van der Waals surface area contributed by atoms with Gasteiger partial charge < -0.3 is 14.7 Å². The van der Waals surface area contributed by atoms with Crippen LogP contribution >= 0.6 is 0 Å². The summed E-state index contributed by atoms with van der Waals surface area (Å²) in [6.45, 7) is 16.5. The van der Waals surface area contributed by atoms with Crippen LogP contribution in [0, 0.1) is 13.8 Å². The highest BCUT2D eigenvalue weighted by molar-refractivity contribution is 5.96. The van der Waals surface area contributed by atoms with Crippen LogP contribution in [0.4, 0.5) is 5.69 Å². The number of carbonyl (C=O) groups is 2. The largest absolute Gasteiger partial charge is 0.364 e. The fourth-order valence-electron chi connectivity index (χ4n) is 8.01. The molecule has 2 aromatic carbocycles. The Balaban J connectivity index is 1.12. The van der Waals surface area contributed by atoms with Gasteiger partial charge in [-0.05, 0) is 96.4 Å². The first-order chi connectivity index (χ1) is 22.6. The van der Waals surface area contributed by atoms with Gasteiger partial charge in [-0.15, -0.1) is 0 Å². The molecule has 2 amide bonds. The topological polar surface area (TPSA) is 72.9 Å². The Labute approximate surface area is 281 Å². The Kier molecular flexibility index (Phi) is 9.70. The number of amides is 2. The first kappa shape index (κ1) is 33.1. The molecule has 3 fully saturated rings. The van der Waals surface area contributed by atoms with Crippen LogP contribution in [0.5, 0.6) is 0 Å². The van der Waals surface area contributed by atoms with E-state index in [0.29, 0.717) is 11.6 Å². The molecule has 3 aliphatic rings. The summed E-state index contributed by atoms with van der Waals surface area (Å²) in [4.78, 5) is 44.7. The summed E-state index contributed by atoms with van der Waals surface area (Å²) in [6.07, 6.45) is 7.86. The number of aryl methyl sites for hydroxylation is 2. The molecule has 47 heavy (non-hydrogen) atoms. The molecule has 0 aliphatic carbocycles. The third-order valence-electron chi connectivity index (χ3n) is 11.3. The summed E-state index contributed by atoms with van der Waals surface area (Å²) in [5.41, 5.74) is 5.31. The van der Waals surface area contributed by atoms with Crippen molar-refractivity contribution in [2.24, 2.45) is 0 Å². The minimum absolute atomic E-state index is 0.0627. The van der Waals surface area contributed by atoms with E-state index in [1.165, 1.54) is 17.6 Å². The van der Waals surface area contributed by atoms with Gasteiger partial charge in [0.05, 0.1) is 22.4 Å². The van der Waals surface area contributed by atoms with Gasteiger partial charge in [-0.3, -0.25) is 14.5 Å².